The van der Waals surface area contributed by atoms with Crippen LogP contribution in [0.4, 0.5) is 11.4 Å². The SMILES string of the molecule is CCOC(=O)c1ccc(C)c(NC(=O)CN(c2cc(Cl)ccc2Cl)S(C)(=O)=O)c1. The number of esters is 1. The van der Waals surface area contributed by atoms with Crippen LogP contribution < -0.4 is 9.62 Å². The molecule has 2 rings (SSSR count). The monoisotopic (exact) mass is 458 g/mol. The minimum atomic E-state index is -3.83. The van der Waals surface area contributed by atoms with Gasteiger partial charge in [0.25, 0.3) is 0 Å². The van der Waals surface area contributed by atoms with E-state index in [0.717, 1.165) is 10.6 Å². The molecule has 0 aromatic heterocycles. The molecule has 29 heavy (non-hydrogen) atoms. The first kappa shape index (κ1) is 23.0. The summed E-state index contributed by atoms with van der Waals surface area (Å²) >= 11 is 12.0. The fourth-order valence-electron chi connectivity index (χ4n) is 2.48. The number of anilines is 2. The number of hydrogen-bond acceptors (Lipinski definition) is 5. The van der Waals surface area contributed by atoms with E-state index in [1.807, 2.05) is 0 Å². The molecule has 0 aliphatic carbocycles. The molecule has 0 bridgehead atoms. The Labute approximate surface area is 179 Å². The number of halogens is 2. The first-order chi connectivity index (χ1) is 13.5. The van der Waals surface area contributed by atoms with E-state index in [0.29, 0.717) is 11.3 Å². The summed E-state index contributed by atoms with van der Waals surface area (Å²) in [6.07, 6.45) is 0.962. The van der Waals surface area contributed by atoms with Crippen molar-refractivity contribution in [2.75, 3.05) is 29.0 Å². The van der Waals surface area contributed by atoms with E-state index in [2.05, 4.69) is 5.32 Å². The summed E-state index contributed by atoms with van der Waals surface area (Å²) < 4.78 is 30.3. The zero-order valence-corrected chi connectivity index (χ0v) is 18.4. The van der Waals surface area contributed by atoms with Crippen molar-refractivity contribution in [3.05, 3.63) is 57.6 Å². The van der Waals surface area contributed by atoms with Crippen LogP contribution in [0.1, 0.15) is 22.8 Å². The number of ether oxygens (including phenoxy) is 1. The van der Waals surface area contributed by atoms with Gasteiger partial charge in [0.15, 0.2) is 0 Å². The Morgan fingerprint density at radius 2 is 1.83 bits per heavy atom. The summed E-state index contributed by atoms with van der Waals surface area (Å²) in [6, 6.07) is 9.04. The average Bonchev–Trinajstić information content (AvgIpc) is 2.63. The highest BCUT2D eigenvalue weighted by molar-refractivity contribution is 7.92. The number of nitrogens with zero attached hydrogens (tertiary/aromatic N) is 1. The van der Waals surface area contributed by atoms with Crippen LogP contribution in [0.5, 0.6) is 0 Å². The lowest BCUT2D eigenvalue weighted by Gasteiger charge is -2.23. The molecule has 0 aliphatic rings. The fraction of sp³-hybridized carbons (Fsp3) is 0.263. The first-order valence-corrected chi connectivity index (χ1v) is 11.1. The van der Waals surface area contributed by atoms with E-state index in [-0.39, 0.29) is 27.9 Å². The van der Waals surface area contributed by atoms with Crippen molar-refractivity contribution < 1.29 is 22.7 Å². The second-order valence-corrected chi connectivity index (χ2v) is 8.91. The normalized spacial score (nSPS) is 11.1. The molecule has 1 N–H and O–H groups in total. The first-order valence-electron chi connectivity index (χ1n) is 8.53. The molecule has 156 valence electrons. The third-order valence-electron chi connectivity index (χ3n) is 3.89. The van der Waals surface area contributed by atoms with Crippen LogP contribution in [0.25, 0.3) is 0 Å². The summed E-state index contributed by atoms with van der Waals surface area (Å²) in [5.41, 5.74) is 1.42. The molecule has 0 atom stereocenters. The summed E-state index contributed by atoms with van der Waals surface area (Å²) in [4.78, 5) is 24.5. The number of sulfonamides is 1. The van der Waals surface area contributed by atoms with Crippen LogP contribution >= 0.6 is 23.2 Å². The van der Waals surface area contributed by atoms with Crippen molar-refractivity contribution >= 4 is 56.5 Å². The fourth-order valence-corrected chi connectivity index (χ4v) is 3.77. The molecular weight excluding hydrogens is 439 g/mol. The number of amides is 1. The Balaban J connectivity index is 2.29. The van der Waals surface area contributed by atoms with Crippen LogP contribution in [-0.4, -0.2) is 39.7 Å². The second kappa shape index (κ2) is 9.47. The predicted molar refractivity (Wildman–Crippen MR) is 114 cm³/mol. The van der Waals surface area contributed by atoms with Gasteiger partial charge in [-0.1, -0.05) is 29.3 Å². The Hall–Kier alpha value is -2.29. The summed E-state index contributed by atoms with van der Waals surface area (Å²) in [5, 5.41) is 3.03. The van der Waals surface area contributed by atoms with Crippen LogP contribution in [0.15, 0.2) is 36.4 Å². The van der Waals surface area contributed by atoms with Gasteiger partial charge in [0.2, 0.25) is 15.9 Å². The molecule has 0 unspecified atom stereocenters. The maximum Gasteiger partial charge on any atom is 0.338 e. The quantitative estimate of drug-likeness (QED) is 0.635. The van der Waals surface area contributed by atoms with Gasteiger partial charge >= 0.3 is 5.97 Å². The van der Waals surface area contributed by atoms with E-state index < -0.39 is 28.4 Å². The summed E-state index contributed by atoms with van der Waals surface area (Å²) in [7, 11) is -3.83. The smallest absolute Gasteiger partial charge is 0.338 e. The van der Waals surface area contributed by atoms with Crippen molar-refractivity contribution in [3.8, 4) is 0 Å². The number of carbonyl (C=O) groups is 2. The molecule has 0 saturated heterocycles. The van der Waals surface area contributed by atoms with Crippen LogP contribution in [0.3, 0.4) is 0 Å². The van der Waals surface area contributed by atoms with E-state index in [4.69, 9.17) is 27.9 Å². The number of nitrogens with one attached hydrogen (secondary N) is 1. The van der Waals surface area contributed by atoms with Crippen LogP contribution in [0, 0.1) is 6.92 Å². The number of carbonyl (C=O) groups excluding carboxylic acids is 2. The molecule has 0 radical (unpaired) electrons. The summed E-state index contributed by atoms with van der Waals surface area (Å²) in [6.45, 7) is 3.13. The zero-order chi connectivity index (χ0) is 21.8. The van der Waals surface area contributed by atoms with Gasteiger partial charge in [-0.05, 0) is 49.7 Å². The molecule has 0 aliphatic heterocycles. The number of hydrogen-bond donors (Lipinski definition) is 1. The lowest BCUT2D eigenvalue weighted by Crippen LogP contribution is -2.37. The number of rotatable bonds is 7. The highest BCUT2D eigenvalue weighted by Crippen LogP contribution is 2.30. The van der Waals surface area contributed by atoms with Gasteiger partial charge in [0.1, 0.15) is 6.54 Å². The van der Waals surface area contributed by atoms with E-state index in [9.17, 15) is 18.0 Å². The van der Waals surface area contributed by atoms with Gasteiger partial charge in [0.05, 0.1) is 29.1 Å². The highest BCUT2D eigenvalue weighted by Gasteiger charge is 2.24. The maximum absolute atomic E-state index is 12.6. The predicted octanol–water partition coefficient (Wildman–Crippen LogP) is 3.88. The Bertz CT molecular complexity index is 1040. The van der Waals surface area contributed by atoms with Gasteiger partial charge in [-0.25, -0.2) is 13.2 Å². The molecule has 10 heteroatoms. The van der Waals surface area contributed by atoms with Crippen molar-refractivity contribution in [1.82, 2.24) is 0 Å². The summed E-state index contributed by atoms with van der Waals surface area (Å²) in [5.74, 6) is -1.14. The van der Waals surface area contributed by atoms with Gasteiger partial charge in [0, 0.05) is 10.7 Å². The third kappa shape index (κ3) is 6.09. The van der Waals surface area contributed by atoms with E-state index in [1.54, 1.807) is 26.0 Å². The lowest BCUT2D eigenvalue weighted by atomic mass is 10.1. The van der Waals surface area contributed by atoms with Gasteiger partial charge in [-0.3, -0.25) is 9.10 Å². The molecule has 1 amide bonds. The molecule has 0 saturated carbocycles. The van der Waals surface area contributed by atoms with Gasteiger partial charge in [-0.2, -0.15) is 0 Å². The van der Waals surface area contributed by atoms with Gasteiger partial charge < -0.3 is 10.1 Å². The largest absolute Gasteiger partial charge is 0.462 e. The molecule has 2 aromatic carbocycles. The Morgan fingerprint density at radius 3 is 2.45 bits per heavy atom. The standard InChI is InChI=1S/C19H20Cl2N2O5S/c1-4-28-19(25)13-6-5-12(2)16(9-13)22-18(24)11-23(29(3,26)27)17-10-14(20)7-8-15(17)21/h5-10H,4,11H2,1-3H3,(H,22,24). The topological polar surface area (TPSA) is 92.8 Å². The number of benzene rings is 2. The minimum absolute atomic E-state index is 0.0915. The van der Waals surface area contributed by atoms with Crippen molar-refractivity contribution in [2.24, 2.45) is 0 Å². The average molecular weight is 459 g/mol. The molecule has 2 aromatic rings. The molecule has 0 spiro atoms. The maximum atomic E-state index is 12.6. The zero-order valence-electron chi connectivity index (χ0n) is 16.0. The molecule has 7 nitrogen and oxygen atoms in total. The molecule has 0 heterocycles. The van der Waals surface area contributed by atoms with Gasteiger partial charge in [-0.15, -0.1) is 0 Å². The third-order valence-corrected chi connectivity index (χ3v) is 5.57. The van der Waals surface area contributed by atoms with Crippen molar-refractivity contribution in [3.63, 3.8) is 0 Å². The van der Waals surface area contributed by atoms with Crippen LogP contribution in [-0.2, 0) is 19.6 Å². The second-order valence-electron chi connectivity index (χ2n) is 6.16. The minimum Gasteiger partial charge on any atom is -0.462 e. The Morgan fingerprint density at radius 1 is 1.14 bits per heavy atom. The molecule has 0 fully saturated rings. The number of aryl methyl sites for hydroxylation is 1. The van der Waals surface area contributed by atoms with Crippen molar-refractivity contribution in [2.45, 2.75) is 13.8 Å². The Kier molecular flexibility index (Phi) is 7.51. The van der Waals surface area contributed by atoms with Crippen LogP contribution in [0.2, 0.25) is 10.0 Å². The van der Waals surface area contributed by atoms with E-state index >= 15 is 0 Å². The van der Waals surface area contributed by atoms with E-state index in [1.165, 1.54) is 24.3 Å². The van der Waals surface area contributed by atoms with Crippen molar-refractivity contribution in [1.29, 1.82) is 0 Å². The highest BCUT2D eigenvalue weighted by atomic mass is 35.5. The molecular formula is C19H20Cl2N2O5S. The lowest BCUT2D eigenvalue weighted by molar-refractivity contribution is -0.114.